The highest BCUT2D eigenvalue weighted by molar-refractivity contribution is 14.0. The minimum atomic E-state index is 0. The van der Waals surface area contributed by atoms with Gasteiger partial charge >= 0.3 is 0 Å². The normalized spacial score (nSPS) is 19.8. The topological polar surface area (TPSA) is 69.2 Å². The summed E-state index contributed by atoms with van der Waals surface area (Å²) in [5, 5.41) is 6.46. The van der Waals surface area contributed by atoms with Crippen LogP contribution in [-0.2, 0) is 22.5 Å². The smallest absolute Gasteiger partial charge is 0.242 e. The van der Waals surface area contributed by atoms with E-state index in [0.717, 1.165) is 39.2 Å². The van der Waals surface area contributed by atoms with Crippen LogP contribution in [0.1, 0.15) is 25.0 Å². The maximum Gasteiger partial charge on any atom is 0.242 e. The van der Waals surface area contributed by atoms with Gasteiger partial charge < -0.3 is 20.3 Å². The Bertz CT molecular complexity index is 713. The maximum absolute atomic E-state index is 12.6. The van der Waals surface area contributed by atoms with Gasteiger partial charge in [0.15, 0.2) is 5.96 Å². The van der Waals surface area contributed by atoms with Gasteiger partial charge in [-0.2, -0.15) is 0 Å². The van der Waals surface area contributed by atoms with Gasteiger partial charge in [-0.3, -0.25) is 14.7 Å². The Morgan fingerprint density at radius 1 is 1.23 bits per heavy atom. The van der Waals surface area contributed by atoms with Crippen LogP contribution in [0.15, 0.2) is 29.3 Å². The largest absolute Gasteiger partial charge is 0.374 e. The molecule has 2 N–H and O–H groups in total. The van der Waals surface area contributed by atoms with Crippen molar-refractivity contribution in [3.05, 3.63) is 35.4 Å². The molecular formula is C22H36IN5O2. The van der Waals surface area contributed by atoms with Crippen molar-refractivity contribution in [3.63, 3.8) is 0 Å². The van der Waals surface area contributed by atoms with Crippen molar-refractivity contribution < 1.29 is 9.53 Å². The van der Waals surface area contributed by atoms with Crippen LogP contribution in [0.3, 0.4) is 0 Å². The van der Waals surface area contributed by atoms with Crippen molar-refractivity contribution in [2.24, 2.45) is 10.9 Å². The number of carbonyl (C=O) groups excluding carboxylic acids is 1. The Kier molecular flexibility index (Phi) is 10.3. The molecule has 1 saturated heterocycles. The minimum Gasteiger partial charge on any atom is -0.374 e. The molecule has 1 amide bonds. The number of hydrogen-bond acceptors (Lipinski definition) is 4. The fourth-order valence-electron chi connectivity index (χ4n) is 4.00. The number of benzene rings is 1. The molecule has 168 valence electrons. The van der Waals surface area contributed by atoms with Gasteiger partial charge in [0.1, 0.15) is 0 Å². The third kappa shape index (κ3) is 7.39. The van der Waals surface area contributed by atoms with E-state index in [1.807, 2.05) is 11.0 Å². The summed E-state index contributed by atoms with van der Waals surface area (Å²) in [6, 6.07) is 8.35. The first-order chi connectivity index (χ1) is 14.0. The minimum absolute atomic E-state index is 0. The van der Waals surface area contributed by atoms with E-state index in [9.17, 15) is 4.79 Å². The van der Waals surface area contributed by atoms with E-state index in [1.54, 1.807) is 7.05 Å². The van der Waals surface area contributed by atoms with Crippen molar-refractivity contribution in [2.75, 3.05) is 52.9 Å². The van der Waals surface area contributed by atoms with Crippen LogP contribution in [0.4, 0.5) is 0 Å². The first-order valence-corrected chi connectivity index (χ1v) is 10.7. The first-order valence-electron chi connectivity index (χ1n) is 10.7. The molecule has 2 heterocycles. The number of morpholine rings is 1. The lowest BCUT2D eigenvalue weighted by Crippen LogP contribution is -2.51. The molecule has 0 bridgehead atoms. The summed E-state index contributed by atoms with van der Waals surface area (Å²) in [5.74, 6) is 1.39. The number of guanidine groups is 1. The third-order valence-corrected chi connectivity index (χ3v) is 5.46. The summed E-state index contributed by atoms with van der Waals surface area (Å²) >= 11 is 0. The highest BCUT2D eigenvalue weighted by Gasteiger charge is 2.22. The van der Waals surface area contributed by atoms with Crippen molar-refractivity contribution in [1.82, 2.24) is 20.4 Å². The molecule has 0 radical (unpaired) electrons. The van der Waals surface area contributed by atoms with Crippen LogP contribution in [0.2, 0.25) is 0 Å². The first kappa shape index (κ1) is 24.9. The average molecular weight is 529 g/mol. The molecule has 0 aromatic heterocycles. The molecule has 1 unspecified atom stereocenters. The number of rotatable bonds is 6. The number of aliphatic imine (C=N–C) groups is 1. The lowest BCUT2D eigenvalue weighted by Gasteiger charge is -2.34. The summed E-state index contributed by atoms with van der Waals surface area (Å²) in [6.07, 6.45) is 1.05. The number of nitrogens with zero attached hydrogens (tertiary/aromatic N) is 3. The zero-order chi connectivity index (χ0) is 20.6. The molecule has 2 aliphatic heterocycles. The Balaban J connectivity index is 0.00000320. The van der Waals surface area contributed by atoms with Gasteiger partial charge in [0.05, 0.1) is 19.3 Å². The Morgan fingerprint density at radius 2 is 2.00 bits per heavy atom. The molecular weight excluding hydrogens is 493 g/mol. The predicted molar refractivity (Wildman–Crippen MR) is 131 cm³/mol. The number of ether oxygens (including phenoxy) is 1. The van der Waals surface area contributed by atoms with Crippen LogP contribution in [0.5, 0.6) is 0 Å². The lowest BCUT2D eigenvalue weighted by atomic mass is 10.00. The van der Waals surface area contributed by atoms with Crippen molar-refractivity contribution in [1.29, 1.82) is 0 Å². The zero-order valence-corrected chi connectivity index (χ0v) is 20.7. The predicted octanol–water partition coefficient (Wildman–Crippen LogP) is 1.71. The quantitative estimate of drug-likeness (QED) is 0.334. The number of fused-ring (bicyclic) bond motifs is 1. The SMILES string of the molecule is CN=C(NCC(=O)N1CCc2ccccc2C1)NCC1CN(CC(C)C)CCO1.I. The van der Waals surface area contributed by atoms with Gasteiger partial charge in [0, 0.05) is 46.3 Å². The van der Waals surface area contributed by atoms with Crippen molar-refractivity contribution in [2.45, 2.75) is 32.9 Å². The van der Waals surface area contributed by atoms with Crippen LogP contribution < -0.4 is 10.6 Å². The molecule has 1 fully saturated rings. The van der Waals surface area contributed by atoms with E-state index in [4.69, 9.17) is 4.74 Å². The van der Waals surface area contributed by atoms with E-state index in [0.29, 0.717) is 25.0 Å². The zero-order valence-electron chi connectivity index (χ0n) is 18.4. The summed E-state index contributed by atoms with van der Waals surface area (Å²) in [6.45, 7) is 10.6. The van der Waals surface area contributed by atoms with Crippen LogP contribution in [0, 0.1) is 5.92 Å². The Morgan fingerprint density at radius 3 is 2.73 bits per heavy atom. The van der Waals surface area contributed by atoms with Gasteiger partial charge in [0.25, 0.3) is 0 Å². The van der Waals surface area contributed by atoms with E-state index >= 15 is 0 Å². The van der Waals surface area contributed by atoms with Crippen LogP contribution in [0.25, 0.3) is 0 Å². The van der Waals surface area contributed by atoms with Gasteiger partial charge in [0.2, 0.25) is 5.91 Å². The molecule has 1 aromatic carbocycles. The Labute approximate surface area is 197 Å². The van der Waals surface area contributed by atoms with Gasteiger partial charge in [-0.25, -0.2) is 0 Å². The summed E-state index contributed by atoms with van der Waals surface area (Å²) in [7, 11) is 1.73. The lowest BCUT2D eigenvalue weighted by molar-refractivity contribution is -0.130. The molecule has 0 spiro atoms. The number of halogens is 1. The second-order valence-corrected chi connectivity index (χ2v) is 8.29. The van der Waals surface area contributed by atoms with Gasteiger partial charge in [-0.05, 0) is 23.5 Å². The fourth-order valence-corrected chi connectivity index (χ4v) is 4.00. The van der Waals surface area contributed by atoms with Crippen LogP contribution in [-0.4, -0.2) is 80.7 Å². The number of hydrogen-bond donors (Lipinski definition) is 2. The summed E-state index contributed by atoms with van der Waals surface area (Å²) in [4.78, 5) is 21.2. The number of carbonyl (C=O) groups is 1. The molecule has 1 aromatic rings. The highest BCUT2D eigenvalue weighted by atomic mass is 127. The average Bonchev–Trinajstić information content (AvgIpc) is 2.73. The molecule has 3 rings (SSSR count). The Hall–Kier alpha value is -1.39. The highest BCUT2D eigenvalue weighted by Crippen LogP contribution is 2.18. The molecule has 0 saturated carbocycles. The summed E-state index contributed by atoms with van der Waals surface area (Å²) in [5.41, 5.74) is 2.59. The van der Waals surface area contributed by atoms with Gasteiger partial charge in [-0.1, -0.05) is 38.1 Å². The molecule has 8 heteroatoms. The third-order valence-electron chi connectivity index (χ3n) is 5.46. The monoisotopic (exact) mass is 529 g/mol. The second kappa shape index (κ2) is 12.5. The van der Waals surface area contributed by atoms with E-state index in [-0.39, 0.29) is 42.5 Å². The number of nitrogens with one attached hydrogen (secondary N) is 2. The fraction of sp³-hybridized carbons (Fsp3) is 0.636. The van der Waals surface area contributed by atoms with E-state index in [1.165, 1.54) is 11.1 Å². The molecule has 0 aliphatic carbocycles. The maximum atomic E-state index is 12.6. The molecule has 1 atom stereocenters. The van der Waals surface area contributed by atoms with Crippen molar-refractivity contribution >= 4 is 35.8 Å². The molecule has 2 aliphatic rings. The van der Waals surface area contributed by atoms with E-state index in [2.05, 4.69) is 52.6 Å². The van der Waals surface area contributed by atoms with E-state index < -0.39 is 0 Å². The van der Waals surface area contributed by atoms with Crippen molar-refractivity contribution in [3.8, 4) is 0 Å². The van der Waals surface area contributed by atoms with Crippen LogP contribution >= 0.6 is 24.0 Å². The number of amides is 1. The molecule has 30 heavy (non-hydrogen) atoms. The second-order valence-electron chi connectivity index (χ2n) is 8.29. The summed E-state index contributed by atoms with van der Waals surface area (Å²) < 4.78 is 5.88. The van der Waals surface area contributed by atoms with Gasteiger partial charge in [-0.15, -0.1) is 24.0 Å². The standard InChI is InChI=1S/C22H35N5O2.HI/c1-17(2)14-26-10-11-29-20(16-26)12-24-22(23-3)25-13-21(28)27-9-8-18-6-4-5-7-19(18)15-27;/h4-7,17,20H,8-16H2,1-3H3,(H2,23,24,25);1H. The molecule has 7 nitrogen and oxygen atoms in total.